The Kier molecular flexibility index (Phi) is 19.2. The third-order valence-corrected chi connectivity index (χ3v) is 2.56. The molecule has 0 amide bonds. The van der Waals surface area contributed by atoms with E-state index in [1.807, 2.05) is 48.6 Å². The second-order valence-corrected chi connectivity index (χ2v) is 5.05. The highest BCUT2D eigenvalue weighted by Gasteiger charge is 1.98. The van der Waals surface area contributed by atoms with Crippen molar-refractivity contribution in [2.45, 2.75) is 6.92 Å². The maximum Gasteiger partial charge on any atom is 0.333 e. The van der Waals surface area contributed by atoms with Crippen molar-refractivity contribution in [2.75, 3.05) is 13.2 Å². The number of rotatable bonds is 8. The molecule has 0 saturated heterocycles. The molecule has 1 aromatic carbocycles. The maximum absolute atomic E-state index is 10.5. The Labute approximate surface area is 173 Å². The van der Waals surface area contributed by atoms with Crippen molar-refractivity contribution in [3.8, 4) is 6.07 Å². The molecule has 0 saturated carbocycles. The average Bonchev–Trinajstić information content (AvgIpc) is 2.74. The lowest BCUT2D eigenvalue weighted by atomic mass is 10.2. The standard InChI is InChI=1S/C11H9N.C7H10O2.C6H8O2/c12-10-6-2-5-9-11-7-3-1-4-8-11;1-4-5-9-7(8)6(2)3;1-3-5-8-6(7)4-2/h1-9H;4H,1-2,5H2,3H3;3-4H,1-2,5H2. The number of nitriles is 1. The first-order chi connectivity index (χ1) is 13.9. The highest BCUT2D eigenvalue weighted by atomic mass is 16.5. The number of benzene rings is 1. The first-order valence-corrected chi connectivity index (χ1v) is 8.54. The SMILES string of the molecule is C=CCOC(=O)C(=C)C.C=CCOC(=O)C=C.N#CC=CC=Cc1ccccc1. The summed E-state index contributed by atoms with van der Waals surface area (Å²) in [4.78, 5) is 20.7. The summed E-state index contributed by atoms with van der Waals surface area (Å²) < 4.78 is 9.06. The normalized spacial score (nSPS) is 8.97. The van der Waals surface area contributed by atoms with Crippen LogP contribution in [0.25, 0.3) is 6.08 Å². The number of hydrogen-bond acceptors (Lipinski definition) is 5. The maximum atomic E-state index is 10.5. The zero-order chi connectivity index (χ0) is 22.3. The molecule has 0 N–H and O–H groups in total. The van der Waals surface area contributed by atoms with E-state index < -0.39 is 5.97 Å². The molecule has 1 aromatic rings. The van der Waals surface area contributed by atoms with Crippen LogP contribution in [-0.4, -0.2) is 25.2 Å². The van der Waals surface area contributed by atoms with Crippen molar-refractivity contribution in [2.24, 2.45) is 0 Å². The van der Waals surface area contributed by atoms with Crippen LogP contribution >= 0.6 is 0 Å². The van der Waals surface area contributed by atoms with Gasteiger partial charge in [-0.1, -0.05) is 87.0 Å². The Morgan fingerprint density at radius 2 is 1.62 bits per heavy atom. The predicted molar refractivity (Wildman–Crippen MR) is 118 cm³/mol. The van der Waals surface area contributed by atoms with Gasteiger partial charge in [0.05, 0.1) is 6.07 Å². The Balaban J connectivity index is 0. The fraction of sp³-hybridized carbons (Fsp3) is 0.125. The van der Waals surface area contributed by atoms with Gasteiger partial charge < -0.3 is 9.47 Å². The smallest absolute Gasteiger partial charge is 0.333 e. The van der Waals surface area contributed by atoms with Crippen LogP contribution in [0.2, 0.25) is 0 Å². The Morgan fingerprint density at radius 1 is 1.03 bits per heavy atom. The largest absolute Gasteiger partial charge is 0.458 e. The van der Waals surface area contributed by atoms with Crippen molar-refractivity contribution in [3.63, 3.8) is 0 Å². The van der Waals surface area contributed by atoms with Gasteiger partial charge in [-0.15, -0.1) is 0 Å². The molecule has 0 spiro atoms. The number of ether oxygens (including phenoxy) is 2. The van der Waals surface area contributed by atoms with E-state index in [2.05, 4.69) is 35.8 Å². The average molecular weight is 393 g/mol. The molecule has 0 unspecified atom stereocenters. The minimum Gasteiger partial charge on any atom is -0.458 e. The quantitative estimate of drug-likeness (QED) is 0.205. The molecule has 5 heteroatoms. The number of hydrogen-bond donors (Lipinski definition) is 0. The van der Waals surface area contributed by atoms with Crippen molar-refractivity contribution >= 4 is 18.0 Å². The summed E-state index contributed by atoms with van der Waals surface area (Å²) in [6.07, 6.45) is 11.1. The monoisotopic (exact) mass is 393 g/mol. The number of allylic oxidation sites excluding steroid dienone is 3. The Morgan fingerprint density at radius 3 is 2.10 bits per heavy atom. The van der Waals surface area contributed by atoms with Gasteiger partial charge in [-0.05, 0) is 12.5 Å². The van der Waals surface area contributed by atoms with Gasteiger partial charge in [-0.25, -0.2) is 9.59 Å². The molecule has 0 atom stereocenters. The lowest BCUT2D eigenvalue weighted by molar-refractivity contribution is -0.138. The molecule has 5 nitrogen and oxygen atoms in total. The first-order valence-electron chi connectivity index (χ1n) is 8.54. The molecular formula is C24H27NO4. The molecule has 0 aromatic heterocycles. The topological polar surface area (TPSA) is 76.4 Å². The summed E-state index contributed by atoms with van der Waals surface area (Å²) >= 11 is 0. The molecule has 29 heavy (non-hydrogen) atoms. The van der Waals surface area contributed by atoms with E-state index in [4.69, 9.17) is 5.26 Å². The van der Waals surface area contributed by atoms with E-state index in [-0.39, 0.29) is 19.2 Å². The summed E-state index contributed by atoms with van der Waals surface area (Å²) in [6.45, 7) is 15.5. The van der Waals surface area contributed by atoms with Crippen molar-refractivity contribution in [3.05, 3.63) is 104 Å². The summed E-state index contributed by atoms with van der Waals surface area (Å²) in [7, 11) is 0. The van der Waals surface area contributed by atoms with Gasteiger partial charge in [0, 0.05) is 17.7 Å². The molecule has 0 heterocycles. The minimum atomic E-state index is -0.412. The van der Waals surface area contributed by atoms with Gasteiger partial charge in [0.1, 0.15) is 13.2 Å². The minimum absolute atomic E-state index is 0.255. The van der Waals surface area contributed by atoms with Crippen LogP contribution in [0.3, 0.4) is 0 Å². The third kappa shape index (κ3) is 20.3. The fourth-order valence-corrected chi connectivity index (χ4v) is 1.29. The number of nitrogens with zero attached hydrogens (tertiary/aromatic N) is 1. The lowest BCUT2D eigenvalue weighted by Gasteiger charge is -1.97. The number of carbonyl (C=O) groups excluding carboxylic acids is 2. The van der Waals surface area contributed by atoms with Crippen LogP contribution in [0.5, 0.6) is 0 Å². The second kappa shape index (κ2) is 20.4. The van der Waals surface area contributed by atoms with Crippen molar-refractivity contribution < 1.29 is 19.1 Å². The highest BCUT2D eigenvalue weighted by Crippen LogP contribution is 2.00. The zero-order valence-electron chi connectivity index (χ0n) is 16.8. The summed E-state index contributed by atoms with van der Waals surface area (Å²) in [5.41, 5.74) is 1.55. The fourth-order valence-electron chi connectivity index (χ4n) is 1.29. The van der Waals surface area contributed by atoms with E-state index >= 15 is 0 Å². The Bertz CT molecular complexity index is 753. The molecule has 0 bridgehead atoms. The predicted octanol–water partition coefficient (Wildman–Crippen LogP) is 4.97. The van der Waals surface area contributed by atoms with E-state index in [9.17, 15) is 9.59 Å². The van der Waals surface area contributed by atoms with Gasteiger partial charge in [0.25, 0.3) is 0 Å². The summed E-state index contributed by atoms with van der Waals surface area (Å²) in [6, 6.07) is 11.9. The van der Waals surface area contributed by atoms with Gasteiger partial charge in [0.2, 0.25) is 0 Å². The van der Waals surface area contributed by atoms with Gasteiger partial charge >= 0.3 is 11.9 Å². The highest BCUT2D eigenvalue weighted by molar-refractivity contribution is 5.86. The van der Waals surface area contributed by atoms with Crippen LogP contribution in [0.1, 0.15) is 12.5 Å². The van der Waals surface area contributed by atoms with Crippen LogP contribution in [-0.2, 0) is 19.1 Å². The molecular weight excluding hydrogens is 366 g/mol. The van der Waals surface area contributed by atoms with Crippen LogP contribution in [0.15, 0.2) is 98.7 Å². The van der Waals surface area contributed by atoms with E-state index in [0.717, 1.165) is 11.6 Å². The van der Waals surface area contributed by atoms with Crippen LogP contribution in [0, 0.1) is 11.3 Å². The zero-order valence-corrected chi connectivity index (χ0v) is 16.8. The van der Waals surface area contributed by atoms with Crippen LogP contribution in [0.4, 0.5) is 0 Å². The Hall–Kier alpha value is -3.91. The molecule has 0 aliphatic rings. The summed E-state index contributed by atoms with van der Waals surface area (Å²) in [5.74, 6) is -0.778. The van der Waals surface area contributed by atoms with Crippen LogP contribution < -0.4 is 0 Å². The molecule has 0 radical (unpaired) electrons. The molecule has 1 rings (SSSR count). The van der Waals surface area contributed by atoms with E-state index in [1.54, 1.807) is 13.0 Å². The van der Waals surface area contributed by atoms with E-state index in [0.29, 0.717) is 5.57 Å². The lowest BCUT2D eigenvalue weighted by Crippen LogP contribution is -2.03. The van der Waals surface area contributed by atoms with Gasteiger partial charge in [-0.2, -0.15) is 5.26 Å². The molecule has 0 aliphatic carbocycles. The number of esters is 2. The van der Waals surface area contributed by atoms with Crippen molar-refractivity contribution in [1.29, 1.82) is 5.26 Å². The molecule has 0 fully saturated rings. The van der Waals surface area contributed by atoms with Crippen molar-refractivity contribution in [1.82, 2.24) is 0 Å². The summed E-state index contributed by atoms with van der Waals surface area (Å²) in [5, 5.41) is 8.19. The third-order valence-electron chi connectivity index (χ3n) is 2.56. The van der Waals surface area contributed by atoms with E-state index in [1.165, 1.54) is 18.2 Å². The molecule has 152 valence electrons. The number of carbonyl (C=O) groups is 2. The first kappa shape index (κ1) is 27.3. The molecule has 0 aliphatic heterocycles. The van der Waals surface area contributed by atoms with Gasteiger partial charge in [-0.3, -0.25) is 0 Å². The second-order valence-electron chi connectivity index (χ2n) is 5.05. The van der Waals surface area contributed by atoms with Gasteiger partial charge in [0.15, 0.2) is 0 Å².